The highest BCUT2D eigenvalue weighted by Crippen LogP contribution is 2.25. The van der Waals surface area contributed by atoms with Gasteiger partial charge in [-0.3, -0.25) is 0 Å². The van der Waals surface area contributed by atoms with E-state index in [0.717, 1.165) is 30.8 Å². The van der Waals surface area contributed by atoms with E-state index in [2.05, 4.69) is 28.5 Å². The fourth-order valence-electron chi connectivity index (χ4n) is 3.13. The van der Waals surface area contributed by atoms with E-state index in [1.807, 2.05) is 34.7 Å². The molecule has 122 valence electrons. The van der Waals surface area contributed by atoms with E-state index in [1.54, 1.807) is 6.33 Å². The van der Waals surface area contributed by atoms with Crippen LogP contribution in [0.4, 0.5) is 4.79 Å². The van der Waals surface area contributed by atoms with Crippen molar-refractivity contribution in [2.24, 2.45) is 7.05 Å². The summed E-state index contributed by atoms with van der Waals surface area (Å²) in [5.74, 6) is 1.22. The summed E-state index contributed by atoms with van der Waals surface area (Å²) in [5.41, 5.74) is 2.35. The summed E-state index contributed by atoms with van der Waals surface area (Å²) in [4.78, 5) is 14.3. The van der Waals surface area contributed by atoms with E-state index < -0.39 is 0 Å². The van der Waals surface area contributed by atoms with E-state index in [1.165, 1.54) is 5.56 Å². The van der Waals surface area contributed by atoms with Gasteiger partial charge < -0.3 is 14.8 Å². The zero-order valence-corrected chi connectivity index (χ0v) is 13.7. The van der Waals surface area contributed by atoms with Gasteiger partial charge in [-0.05, 0) is 30.9 Å². The number of urea groups is 1. The van der Waals surface area contributed by atoms with Gasteiger partial charge in [0.25, 0.3) is 0 Å². The predicted octanol–water partition coefficient (Wildman–Crippen LogP) is 2.21. The Hall–Kier alpha value is -2.37. The Balaban J connectivity index is 1.59. The number of aromatic nitrogens is 3. The van der Waals surface area contributed by atoms with Crippen LogP contribution in [0.25, 0.3) is 0 Å². The lowest BCUT2D eigenvalue weighted by molar-refractivity contribution is 0.177. The number of aryl methyl sites for hydroxylation is 2. The summed E-state index contributed by atoms with van der Waals surface area (Å²) < 4.78 is 1.94. The molecule has 3 rings (SSSR count). The number of hydrogen-bond donors (Lipinski definition) is 1. The maximum Gasteiger partial charge on any atom is 0.317 e. The van der Waals surface area contributed by atoms with Crippen LogP contribution in [-0.2, 0) is 13.6 Å². The third kappa shape index (κ3) is 3.52. The standard InChI is InChI=1S/C17H23N5O/c1-13-6-3-4-7-14(13)10-18-17(23)22-9-5-8-15(11-22)16-20-19-12-21(16)2/h3-4,6-7,12,15H,5,8-11H2,1-2H3,(H,18,23). The first-order valence-corrected chi connectivity index (χ1v) is 8.06. The summed E-state index contributed by atoms with van der Waals surface area (Å²) >= 11 is 0. The molecule has 2 aromatic rings. The summed E-state index contributed by atoms with van der Waals surface area (Å²) in [5, 5.41) is 11.2. The molecule has 1 aromatic heterocycles. The molecule has 6 nitrogen and oxygen atoms in total. The molecule has 23 heavy (non-hydrogen) atoms. The normalized spacial score (nSPS) is 18.0. The molecule has 0 radical (unpaired) electrons. The zero-order chi connectivity index (χ0) is 16.2. The molecular weight excluding hydrogens is 290 g/mol. The molecule has 1 aromatic carbocycles. The van der Waals surface area contributed by atoms with Gasteiger partial charge in [-0.1, -0.05) is 24.3 Å². The number of amides is 2. The van der Waals surface area contributed by atoms with Crippen molar-refractivity contribution in [2.45, 2.75) is 32.2 Å². The maximum atomic E-state index is 12.5. The van der Waals surface area contributed by atoms with Gasteiger partial charge in [-0.15, -0.1) is 10.2 Å². The van der Waals surface area contributed by atoms with Crippen LogP contribution in [0.5, 0.6) is 0 Å². The van der Waals surface area contributed by atoms with E-state index in [9.17, 15) is 4.79 Å². The van der Waals surface area contributed by atoms with Gasteiger partial charge in [0.15, 0.2) is 0 Å². The fourth-order valence-corrected chi connectivity index (χ4v) is 3.13. The number of hydrogen-bond acceptors (Lipinski definition) is 3. The Kier molecular flexibility index (Phi) is 4.60. The number of nitrogens with zero attached hydrogens (tertiary/aromatic N) is 4. The average molecular weight is 313 g/mol. The van der Waals surface area contributed by atoms with Crippen LogP contribution in [-0.4, -0.2) is 38.8 Å². The molecule has 1 N–H and O–H groups in total. The second kappa shape index (κ2) is 6.81. The van der Waals surface area contributed by atoms with Crippen molar-refractivity contribution < 1.29 is 4.79 Å². The Labute approximate surface area is 136 Å². The number of carbonyl (C=O) groups is 1. The van der Waals surface area contributed by atoms with Crippen LogP contribution in [0.15, 0.2) is 30.6 Å². The first kappa shape index (κ1) is 15.5. The van der Waals surface area contributed by atoms with Crippen molar-refractivity contribution in [3.8, 4) is 0 Å². The number of nitrogens with one attached hydrogen (secondary N) is 1. The molecule has 1 aliphatic rings. The second-order valence-corrected chi connectivity index (χ2v) is 6.17. The molecule has 2 heterocycles. The average Bonchev–Trinajstić information content (AvgIpc) is 3.00. The van der Waals surface area contributed by atoms with Crippen LogP contribution >= 0.6 is 0 Å². The lowest BCUT2D eigenvalue weighted by atomic mass is 9.97. The van der Waals surface area contributed by atoms with Crippen molar-refractivity contribution >= 4 is 6.03 Å². The van der Waals surface area contributed by atoms with Crippen molar-refractivity contribution in [1.29, 1.82) is 0 Å². The first-order valence-electron chi connectivity index (χ1n) is 8.06. The van der Waals surface area contributed by atoms with Crippen molar-refractivity contribution in [1.82, 2.24) is 25.0 Å². The molecule has 1 saturated heterocycles. The highest BCUT2D eigenvalue weighted by atomic mass is 16.2. The maximum absolute atomic E-state index is 12.5. The molecule has 0 bridgehead atoms. The van der Waals surface area contributed by atoms with Crippen molar-refractivity contribution in [3.05, 3.63) is 47.5 Å². The number of benzene rings is 1. The molecule has 1 aliphatic heterocycles. The van der Waals surface area contributed by atoms with Crippen LogP contribution in [0.3, 0.4) is 0 Å². The molecule has 6 heteroatoms. The molecule has 0 saturated carbocycles. The van der Waals surface area contributed by atoms with Gasteiger partial charge in [0.05, 0.1) is 0 Å². The second-order valence-electron chi connectivity index (χ2n) is 6.17. The Morgan fingerprint density at radius 2 is 2.22 bits per heavy atom. The molecule has 0 spiro atoms. The van der Waals surface area contributed by atoms with Gasteiger partial charge in [0, 0.05) is 32.6 Å². The fraction of sp³-hybridized carbons (Fsp3) is 0.471. The lowest BCUT2D eigenvalue weighted by Gasteiger charge is -2.32. The zero-order valence-electron chi connectivity index (χ0n) is 13.7. The lowest BCUT2D eigenvalue weighted by Crippen LogP contribution is -2.45. The molecule has 0 aliphatic carbocycles. The third-order valence-electron chi connectivity index (χ3n) is 4.51. The monoisotopic (exact) mass is 313 g/mol. The molecule has 1 fully saturated rings. The minimum Gasteiger partial charge on any atom is -0.334 e. The number of rotatable bonds is 3. The van der Waals surface area contributed by atoms with Crippen molar-refractivity contribution in [2.75, 3.05) is 13.1 Å². The largest absolute Gasteiger partial charge is 0.334 e. The minimum atomic E-state index is 0.000112. The van der Waals surface area contributed by atoms with Gasteiger partial charge in [0.1, 0.15) is 12.2 Å². The van der Waals surface area contributed by atoms with E-state index in [4.69, 9.17) is 0 Å². The summed E-state index contributed by atoms with van der Waals surface area (Å²) in [6, 6.07) is 8.12. The topological polar surface area (TPSA) is 63.1 Å². The SMILES string of the molecule is Cc1ccccc1CNC(=O)N1CCCC(c2nncn2C)C1. The predicted molar refractivity (Wildman–Crippen MR) is 88.0 cm³/mol. The minimum absolute atomic E-state index is 0.000112. The molecule has 1 atom stereocenters. The summed E-state index contributed by atoms with van der Waals surface area (Å²) in [6.07, 6.45) is 3.76. The number of piperidine rings is 1. The van der Waals surface area contributed by atoms with E-state index >= 15 is 0 Å². The number of likely N-dealkylation sites (tertiary alicyclic amines) is 1. The Morgan fingerprint density at radius 3 is 2.96 bits per heavy atom. The van der Waals surface area contributed by atoms with Crippen LogP contribution < -0.4 is 5.32 Å². The quantitative estimate of drug-likeness (QED) is 0.945. The highest BCUT2D eigenvalue weighted by molar-refractivity contribution is 5.74. The third-order valence-corrected chi connectivity index (χ3v) is 4.51. The van der Waals surface area contributed by atoms with Crippen molar-refractivity contribution in [3.63, 3.8) is 0 Å². The molecular formula is C17H23N5O. The van der Waals surface area contributed by atoms with Gasteiger partial charge in [0.2, 0.25) is 0 Å². The molecule has 1 unspecified atom stereocenters. The van der Waals surface area contributed by atoms with Gasteiger partial charge >= 0.3 is 6.03 Å². The van der Waals surface area contributed by atoms with Crippen LogP contribution in [0.1, 0.15) is 35.7 Å². The van der Waals surface area contributed by atoms with Crippen LogP contribution in [0.2, 0.25) is 0 Å². The van der Waals surface area contributed by atoms with E-state index in [-0.39, 0.29) is 11.9 Å². The Morgan fingerprint density at radius 1 is 1.39 bits per heavy atom. The summed E-state index contributed by atoms with van der Waals surface area (Å²) in [6.45, 7) is 4.13. The summed E-state index contributed by atoms with van der Waals surface area (Å²) in [7, 11) is 1.95. The Bertz CT molecular complexity index is 681. The highest BCUT2D eigenvalue weighted by Gasteiger charge is 2.27. The van der Waals surface area contributed by atoms with Crippen LogP contribution in [0, 0.1) is 6.92 Å². The smallest absolute Gasteiger partial charge is 0.317 e. The molecule has 2 amide bonds. The van der Waals surface area contributed by atoms with E-state index in [0.29, 0.717) is 13.1 Å². The van der Waals surface area contributed by atoms with Gasteiger partial charge in [-0.25, -0.2) is 4.79 Å². The van der Waals surface area contributed by atoms with Gasteiger partial charge in [-0.2, -0.15) is 0 Å². The number of carbonyl (C=O) groups excluding carboxylic acids is 1. The first-order chi connectivity index (χ1) is 11.1.